The van der Waals surface area contributed by atoms with Crippen molar-refractivity contribution < 1.29 is 9.05 Å². The minimum absolute atomic E-state index is 0.803. The molecule has 3 rings (SSSR count). The van der Waals surface area contributed by atoms with Crippen LogP contribution < -0.4 is 14.1 Å². The zero-order valence-electron chi connectivity index (χ0n) is 8.46. The van der Waals surface area contributed by atoms with Crippen LogP contribution in [0.15, 0.2) is 54.6 Å². The van der Waals surface area contributed by atoms with Crippen molar-refractivity contribution in [3.8, 4) is 11.5 Å². The molecule has 16 heavy (non-hydrogen) atoms. The molecule has 2 aromatic rings. The maximum absolute atomic E-state index is 5.64. The summed E-state index contributed by atoms with van der Waals surface area (Å²) >= 11 is 0. The molecule has 0 fully saturated rings. The van der Waals surface area contributed by atoms with Crippen LogP contribution in [-0.4, -0.2) is 0 Å². The molecule has 0 radical (unpaired) electrons. The fourth-order valence-electron chi connectivity index (χ4n) is 1.46. The lowest BCUT2D eigenvalue weighted by molar-refractivity contribution is 0.581. The predicted octanol–water partition coefficient (Wildman–Crippen LogP) is 3.80. The summed E-state index contributed by atoms with van der Waals surface area (Å²) in [7, 11) is -1.10. The van der Waals surface area contributed by atoms with Crippen LogP contribution in [0.25, 0.3) is 0 Å². The molecule has 0 saturated heterocycles. The Labute approximate surface area is 95.0 Å². The molecule has 4 heteroatoms. The highest BCUT2D eigenvalue weighted by molar-refractivity contribution is 7.50. The van der Waals surface area contributed by atoms with Gasteiger partial charge in [-0.05, 0) is 24.3 Å². The summed E-state index contributed by atoms with van der Waals surface area (Å²) in [6, 6.07) is 17.6. The van der Waals surface area contributed by atoms with Gasteiger partial charge >= 0.3 is 8.53 Å². The third kappa shape index (κ3) is 1.82. The lowest BCUT2D eigenvalue weighted by Gasteiger charge is -2.09. The molecule has 2 aromatic carbocycles. The minimum atomic E-state index is -1.10. The largest absolute Gasteiger partial charge is 0.419 e. The number of hydrogen-bond acceptors (Lipinski definition) is 3. The van der Waals surface area contributed by atoms with E-state index in [9.17, 15) is 0 Å². The van der Waals surface area contributed by atoms with Gasteiger partial charge in [-0.2, -0.15) is 0 Å². The first-order chi connectivity index (χ1) is 7.92. The molecule has 1 heterocycles. The lowest BCUT2D eigenvalue weighted by atomic mass is 10.3. The molecule has 1 N–H and O–H groups in total. The SMILES string of the molecule is c1ccc(NP2Oc3ccccc3O2)cc1. The Morgan fingerprint density at radius 1 is 0.750 bits per heavy atom. The average Bonchev–Trinajstić information content (AvgIpc) is 2.72. The van der Waals surface area contributed by atoms with E-state index in [0.29, 0.717) is 0 Å². The van der Waals surface area contributed by atoms with Gasteiger partial charge in [0, 0.05) is 5.69 Å². The Balaban J connectivity index is 1.73. The quantitative estimate of drug-likeness (QED) is 0.797. The molecule has 0 bridgehead atoms. The van der Waals surface area contributed by atoms with Crippen LogP contribution in [-0.2, 0) is 0 Å². The zero-order chi connectivity index (χ0) is 10.8. The molecule has 0 unspecified atom stereocenters. The van der Waals surface area contributed by atoms with E-state index in [1.807, 2.05) is 54.6 Å². The maximum atomic E-state index is 5.64. The number of fused-ring (bicyclic) bond motifs is 1. The van der Waals surface area contributed by atoms with Crippen LogP contribution in [0.1, 0.15) is 0 Å². The molecule has 80 valence electrons. The van der Waals surface area contributed by atoms with E-state index in [1.165, 1.54) is 0 Å². The zero-order valence-corrected chi connectivity index (χ0v) is 9.35. The molecule has 0 saturated carbocycles. The van der Waals surface area contributed by atoms with Gasteiger partial charge in [-0.15, -0.1) is 0 Å². The average molecular weight is 231 g/mol. The van der Waals surface area contributed by atoms with E-state index in [2.05, 4.69) is 5.09 Å². The summed E-state index contributed by atoms with van der Waals surface area (Å²) in [6.07, 6.45) is 0. The maximum Gasteiger partial charge on any atom is 0.414 e. The van der Waals surface area contributed by atoms with Gasteiger partial charge in [-0.25, -0.2) is 0 Å². The Kier molecular flexibility index (Phi) is 2.39. The Hall–Kier alpha value is -1.73. The predicted molar refractivity (Wildman–Crippen MR) is 64.7 cm³/mol. The highest BCUT2D eigenvalue weighted by atomic mass is 31.2. The fourth-order valence-corrected chi connectivity index (χ4v) is 2.61. The number of para-hydroxylation sites is 3. The number of rotatable bonds is 2. The lowest BCUT2D eigenvalue weighted by Crippen LogP contribution is -1.97. The monoisotopic (exact) mass is 231 g/mol. The first-order valence-corrected chi connectivity index (χ1v) is 6.16. The summed E-state index contributed by atoms with van der Waals surface area (Å²) in [4.78, 5) is 0. The van der Waals surface area contributed by atoms with E-state index < -0.39 is 8.53 Å². The van der Waals surface area contributed by atoms with Crippen molar-refractivity contribution in [3.63, 3.8) is 0 Å². The molecule has 0 atom stereocenters. The summed E-state index contributed by atoms with van der Waals surface area (Å²) in [5.41, 5.74) is 1.00. The summed E-state index contributed by atoms with van der Waals surface area (Å²) in [5.74, 6) is 1.61. The van der Waals surface area contributed by atoms with Gasteiger partial charge in [0.25, 0.3) is 0 Å². The molecule has 1 aliphatic rings. The Morgan fingerprint density at radius 2 is 1.31 bits per heavy atom. The van der Waals surface area contributed by atoms with Crippen LogP contribution in [0.5, 0.6) is 11.5 Å². The van der Waals surface area contributed by atoms with Crippen molar-refractivity contribution in [2.24, 2.45) is 0 Å². The molecule has 1 aliphatic heterocycles. The first-order valence-electron chi connectivity index (χ1n) is 4.99. The fraction of sp³-hybridized carbons (Fsp3) is 0. The number of hydrogen-bond donors (Lipinski definition) is 1. The second-order valence-corrected chi connectivity index (χ2v) is 4.47. The van der Waals surface area contributed by atoms with E-state index in [-0.39, 0.29) is 0 Å². The summed E-state index contributed by atoms with van der Waals surface area (Å²) < 4.78 is 11.3. The van der Waals surface area contributed by atoms with Crippen LogP contribution in [0, 0.1) is 0 Å². The standard InChI is InChI=1S/C12H10NO2P/c1-2-6-10(7-3-1)13-16-14-11-8-4-5-9-12(11)15-16/h1-9,13H. The normalized spacial score (nSPS) is 13.8. The van der Waals surface area contributed by atoms with Gasteiger partial charge in [0.2, 0.25) is 0 Å². The number of nitrogens with one attached hydrogen (secondary N) is 1. The van der Waals surface area contributed by atoms with E-state index in [4.69, 9.17) is 9.05 Å². The van der Waals surface area contributed by atoms with Crippen molar-refractivity contribution in [2.45, 2.75) is 0 Å². The van der Waals surface area contributed by atoms with Gasteiger partial charge in [0.15, 0.2) is 11.5 Å². The van der Waals surface area contributed by atoms with Gasteiger partial charge < -0.3 is 9.05 Å². The van der Waals surface area contributed by atoms with Crippen LogP contribution >= 0.6 is 8.53 Å². The third-order valence-electron chi connectivity index (χ3n) is 2.21. The molecule has 0 aromatic heterocycles. The Bertz CT molecular complexity index is 464. The highest BCUT2D eigenvalue weighted by Gasteiger charge is 2.25. The second kappa shape index (κ2) is 4.03. The van der Waals surface area contributed by atoms with Gasteiger partial charge in [0.05, 0.1) is 0 Å². The summed E-state index contributed by atoms with van der Waals surface area (Å²) in [6.45, 7) is 0. The van der Waals surface area contributed by atoms with Crippen molar-refractivity contribution in [1.29, 1.82) is 0 Å². The smallest absolute Gasteiger partial charge is 0.414 e. The first kappa shape index (κ1) is 9.49. The van der Waals surface area contributed by atoms with Crippen molar-refractivity contribution in [2.75, 3.05) is 5.09 Å². The molecule has 0 aliphatic carbocycles. The van der Waals surface area contributed by atoms with Crippen LogP contribution in [0.2, 0.25) is 0 Å². The van der Waals surface area contributed by atoms with E-state index in [1.54, 1.807) is 0 Å². The van der Waals surface area contributed by atoms with E-state index in [0.717, 1.165) is 17.2 Å². The van der Waals surface area contributed by atoms with E-state index >= 15 is 0 Å². The molecular weight excluding hydrogens is 221 g/mol. The molecular formula is C12H10NO2P. The Morgan fingerprint density at radius 3 is 1.94 bits per heavy atom. The minimum Gasteiger partial charge on any atom is -0.419 e. The van der Waals surface area contributed by atoms with Gasteiger partial charge in [-0.3, -0.25) is 5.09 Å². The van der Waals surface area contributed by atoms with Gasteiger partial charge in [0.1, 0.15) is 0 Å². The van der Waals surface area contributed by atoms with Crippen molar-refractivity contribution in [1.82, 2.24) is 0 Å². The number of anilines is 1. The van der Waals surface area contributed by atoms with Crippen LogP contribution in [0.4, 0.5) is 5.69 Å². The van der Waals surface area contributed by atoms with Crippen molar-refractivity contribution in [3.05, 3.63) is 54.6 Å². The second-order valence-electron chi connectivity index (χ2n) is 3.36. The summed E-state index contributed by atoms with van der Waals surface area (Å²) in [5, 5.41) is 3.21. The van der Waals surface area contributed by atoms with Gasteiger partial charge in [-0.1, -0.05) is 30.3 Å². The molecule has 3 nitrogen and oxygen atoms in total. The van der Waals surface area contributed by atoms with Crippen molar-refractivity contribution >= 4 is 14.2 Å². The molecule has 0 amide bonds. The third-order valence-corrected chi connectivity index (χ3v) is 3.37. The number of benzene rings is 2. The topological polar surface area (TPSA) is 30.5 Å². The van der Waals surface area contributed by atoms with Crippen LogP contribution in [0.3, 0.4) is 0 Å². The molecule has 0 spiro atoms. The highest BCUT2D eigenvalue weighted by Crippen LogP contribution is 2.51.